The second-order valence-corrected chi connectivity index (χ2v) is 17.6. The molecule has 0 amide bonds. The SMILES string of the molecule is C/C=C\C=C(\C)CC.C1=CCC=CC(c2ccc(N(c3ccc(-c4ccccc4)cc3)c3ccc4ccc5c(N(c6ccccc6)c6ccc(-c7ccccc7)cc6)ccc6ccc3c4c65)cc2)=C1.CC. The van der Waals surface area contributed by atoms with Crippen LogP contribution in [-0.2, 0) is 0 Å². The molecule has 0 heterocycles. The third kappa shape index (κ3) is 10.4. The van der Waals surface area contributed by atoms with Gasteiger partial charge in [-0.1, -0.05) is 227 Å². The highest BCUT2D eigenvalue weighted by molar-refractivity contribution is 6.28. The molecule has 0 saturated heterocycles. The van der Waals surface area contributed by atoms with Crippen molar-refractivity contribution in [1.29, 1.82) is 0 Å². The minimum Gasteiger partial charge on any atom is -0.310 e. The normalized spacial score (nSPS) is 12.3. The van der Waals surface area contributed by atoms with E-state index in [4.69, 9.17) is 0 Å². The lowest BCUT2D eigenvalue weighted by Gasteiger charge is -2.29. The Labute approximate surface area is 421 Å². The van der Waals surface area contributed by atoms with Crippen LogP contribution >= 0.6 is 0 Å². The number of anilines is 6. The molecular weight excluding hydrogens is 857 g/mol. The molecule has 11 rings (SSSR count). The zero-order valence-corrected chi connectivity index (χ0v) is 41.6. The maximum atomic E-state index is 2.42. The number of benzene rings is 10. The van der Waals surface area contributed by atoms with Gasteiger partial charge in [0.1, 0.15) is 0 Å². The molecule has 2 nitrogen and oxygen atoms in total. The number of para-hydroxylation sites is 1. The summed E-state index contributed by atoms with van der Waals surface area (Å²) in [6.45, 7) is 10.3. The second-order valence-electron chi connectivity index (χ2n) is 17.6. The molecule has 1 aliphatic carbocycles. The monoisotopic (exact) mass is 918 g/mol. The van der Waals surface area contributed by atoms with Crippen LogP contribution in [0.4, 0.5) is 34.1 Å². The van der Waals surface area contributed by atoms with E-state index in [9.17, 15) is 0 Å². The second kappa shape index (κ2) is 22.8. The molecule has 0 N–H and O–H groups in total. The predicted octanol–water partition coefficient (Wildman–Crippen LogP) is 20.7. The van der Waals surface area contributed by atoms with Gasteiger partial charge in [0, 0.05) is 33.5 Å². The van der Waals surface area contributed by atoms with Crippen molar-refractivity contribution in [2.75, 3.05) is 9.80 Å². The highest BCUT2D eigenvalue weighted by atomic mass is 15.1. The fourth-order valence-corrected chi connectivity index (χ4v) is 9.41. The van der Waals surface area contributed by atoms with E-state index in [0.717, 1.165) is 47.0 Å². The number of hydrogen-bond acceptors (Lipinski definition) is 2. The Bertz CT molecular complexity index is 3470. The molecule has 0 spiro atoms. The summed E-state index contributed by atoms with van der Waals surface area (Å²) in [5, 5.41) is 7.41. The molecule has 0 bridgehead atoms. The number of rotatable bonds is 11. The van der Waals surface area contributed by atoms with Crippen LogP contribution < -0.4 is 9.80 Å². The largest absolute Gasteiger partial charge is 0.310 e. The van der Waals surface area contributed by atoms with E-state index in [0.29, 0.717) is 0 Å². The molecule has 0 aromatic heterocycles. The fourth-order valence-electron chi connectivity index (χ4n) is 9.41. The van der Waals surface area contributed by atoms with Crippen LogP contribution in [0.5, 0.6) is 0 Å². The Morgan fingerprint density at radius 1 is 0.451 bits per heavy atom. The van der Waals surface area contributed by atoms with Crippen LogP contribution in [0.25, 0.3) is 60.1 Å². The van der Waals surface area contributed by atoms with Gasteiger partial charge in [-0.15, -0.1) is 0 Å². The van der Waals surface area contributed by atoms with Crippen LogP contribution in [0.3, 0.4) is 0 Å². The summed E-state index contributed by atoms with van der Waals surface area (Å²) in [5.41, 5.74) is 15.4. The van der Waals surface area contributed by atoms with E-state index >= 15 is 0 Å². The minimum absolute atomic E-state index is 0.952. The van der Waals surface area contributed by atoms with Gasteiger partial charge in [-0.25, -0.2) is 0 Å². The average Bonchev–Trinajstić information content (AvgIpc) is 3.75. The van der Waals surface area contributed by atoms with Crippen LogP contribution in [0, 0.1) is 0 Å². The van der Waals surface area contributed by atoms with Crippen molar-refractivity contribution < 1.29 is 0 Å². The molecular formula is C69H62N2. The summed E-state index contributed by atoms with van der Waals surface area (Å²) in [5.74, 6) is 0. The molecule has 2 heteroatoms. The first-order valence-electron chi connectivity index (χ1n) is 25.2. The van der Waals surface area contributed by atoms with Crippen molar-refractivity contribution in [2.24, 2.45) is 0 Å². The van der Waals surface area contributed by atoms with E-state index in [1.54, 1.807) is 0 Å². The Balaban J connectivity index is 0.000000571. The lowest BCUT2D eigenvalue weighted by atomic mass is 9.91. The van der Waals surface area contributed by atoms with Crippen molar-refractivity contribution in [3.05, 3.63) is 272 Å². The van der Waals surface area contributed by atoms with Gasteiger partial charge in [0.05, 0.1) is 11.4 Å². The van der Waals surface area contributed by atoms with Crippen LogP contribution in [0.1, 0.15) is 53.0 Å². The van der Waals surface area contributed by atoms with Crippen molar-refractivity contribution in [2.45, 2.75) is 47.5 Å². The maximum Gasteiger partial charge on any atom is 0.0540 e. The smallest absolute Gasteiger partial charge is 0.0540 e. The molecule has 0 unspecified atom stereocenters. The molecule has 0 aliphatic heterocycles. The number of allylic oxidation sites excluding steroid dienone is 10. The van der Waals surface area contributed by atoms with Crippen molar-refractivity contribution >= 4 is 72.0 Å². The van der Waals surface area contributed by atoms with E-state index < -0.39 is 0 Å². The highest BCUT2D eigenvalue weighted by Gasteiger charge is 2.22. The zero-order valence-electron chi connectivity index (χ0n) is 41.6. The van der Waals surface area contributed by atoms with Crippen LogP contribution in [-0.4, -0.2) is 0 Å². The molecule has 10 aromatic rings. The van der Waals surface area contributed by atoms with Gasteiger partial charge in [-0.05, 0) is 142 Å². The van der Waals surface area contributed by atoms with Gasteiger partial charge in [0.15, 0.2) is 0 Å². The van der Waals surface area contributed by atoms with E-state index in [1.807, 2.05) is 26.8 Å². The Morgan fingerprint density at radius 3 is 1.31 bits per heavy atom. The third-order valence-electron chi connectivity index (χ3n) is 13.2. The van der Waals surface area contributed by atoms with Gasteiger partial charge in [-0.3, -0.25) is 0 Å². The Kier molecular flexibility index (Phi) is 15.3. The molecule has 0 saturated carbocycles. The summed E-state index contributed by atoms with van der Waals surface area (Å²) in [6.07, 6.45) is 19.4. The molecule has 0 fully saturated rings. The first-order valence-corrected chi connectivity index (χ1v) is 25.2. The van der Waals surface area contributed by atoms with Crippen molar-refractivity contribution in [3.8, 4) is 22.3 Å². The Hall–Kier alpha value is -8.46. The quantitative estimate of drug-likeness (QED) is 0.0942. The lowest BCUT2D eigenvalue weighted by Crippen LogP contribution is -2.11. The Morgan fingerprint density at radius 2 is 0.859 bits per heavy atom. The van der Waals surface area contributed by atoms with Gasteiger partial charge < -0.3 is 9.80 Å². The summed E-state index contributed by atoms with van der Waals surface area (Å²) < 4.78 is 0. The first kappa shape index (κ1) is 47.6. The predicted molar refractivity (Wildman–Crippen MR) is 311 cm³/mol. The number of hydrogen-bond donors (Lipinski definition) is 0. The van der Waals surface area contributed by atoms with Gasteiger partial charge in [-0.2, -0.15) is 0 Å². The molecule has 10 aromatic carbocycles. The molecule has 0 radical (unpaired) electrons. The van der Waals surface area contributed by atoms with E-state index in [-0.39, 0.29) is 0 Å². The summed E-state index contributed by atoms with van der Waals surface area (Å²) in [7, 11) is 0. The highest BCUT2D eigenvalue weighted by Crippen LogP contribution is 2.48. The molecule has 71 heavy (non-hydrogen) atoms. The van der Waals surface area contributed by atoms with Gasteiger partial charge in [0.25, 0.3) is 0 Å². The van der Waals surface area contributed by atoms with Crippen molar-refractivity contribution in [1.82, 2.24) is 0 Å². The fraction of sp³-hybridized carbons (Fsp3) is 0.101. The van der Waals surface area contributed by atoms with Gasteiger partial charge in [0.2, 0.25) is 0 Å². The average molecular weight is 919 g/mol. The van der Waals surface area contributed by atoms with Gasteiger partial charge >= 0.3 is 0 Å². The van der Waals surface area contributed by atoms with Crippen LogP contribution in [0.15, 0.2) is 267 Å². The zero-order chi connectivity index (χ0) is 48.9. The molecule has 348 valence electrons. The van der Waals surface area contributed by atoms with E-state index in [2.05, 4.69) is 279 Å². The maximum absolute atomic E-state index is 2.42. The van der Waals surface area contributed by atoms with Crippen molar-refractivity contribution in [3.63, 3.8) is 0 Å². The topological polar surface area (TPSA) is 6.48 Å². The summed E-state index contributed by atoms with van der Waals surface area (Å²) in [6, 6.07) is 77.4. The number of nitrogens with zero attached hydrogens (tertiary/aromatic N) is 2. The third-order valence-corrected chi connectivity index (χ3v) is 13.2. The summed E-state index contributed by atoms with van der Waals surface area (Å²) in [4.78, 5) is 4.82. The van der Waals surface area contributed by atoms with E-state index in [1.165, 1.54) is 71.3 Å². The molecule has 0 atom stereocenters. The minimum atomic E-state index is 0.952. The lowest BCUT2D eigenvalue weighted by molar-refractivity contribution is 1.10. The summed E-state index contributed by atoms with van der Waals surface area (Å²) >= 11 is 0. The standard InChI is InChI=1S/C59H42N2.C8H14.C2H6/c1-2-7-15-42(14-6-1)45-24-34-52(35-25-45)61(53-36-26-47(27-37-53)44-18-10-4-11-19-44)57-41-31-49-28-38-54-56(40-30-48-29-39-55(57)59(49)58(48)54)60(50-20-12-5-13-21-50)51-32-22-46(23-33-51)43-16-8-3-9-17-43;1-4-6-7-8(3)5-2;1-2/h1,3-41H,2H2;4,6-7H,5H2,1-3H3;1-2H3/b;6-4-,8-7-;. The molecule has 1 aliphatic rings. The first-order chi connectivity index (χ1) is 35.1. The van der Waals surface area contributed by atoms with Crippen LogP contribution in [0.2, 0.25) is 0 Å².